The van der Waals surface area contributed by atoms with Gasteiger partial charge in [-0.25, -0.2) is 9.97 Å². The predicted molar refractivity (Wildman–Crippen MR) is 214 cm³/mol. The Kier molecular flexibility index (Phi) is 9.47. The van der Waals surface area contributed by atoms with Crippen molar-refractivity contribution in [3.8, 4) is 23.2 Å². The van der Waals surface area contributed by atoms with Crippen molar-refractivity contribution < 1.29 is 8.83 Å². The lowest BCUT2D eigenvalue weighted by molar-refractivity contribution is 0.313. The highest BCUT2D eigenvalue weighted by atomic mass is 79.9. The Hall–Kier alpha value is -5.66. The molecule has 7 heterocycles. The number of hydrogen-bond acceptors (Lipinski definition) is 10. The number of aromatic amines is 2. The van der Waals surface area contributed by atoms with Crippen LogP contribution in [-0.4, -0.2) is 68.0 Å². The number of nitrogens with one attached hydrogen (secondary N) is 2. The number of fused-ring (bicyclic) bond motifs is 4. The van der Waals surface area contributed by atoms with E-state index in [1.807, 2.05) is 76.2 Å². The van der Waals surface area contributed by atoms with Crippen LogP contribution in [0.25, 0.3) is 66.9 Å². The number of benzene rings is 2. The highest BCUT2D eigenvalue weighted by Gasteiger charge is 2.18. The molecule has 13 heteroatoms. The third kappa shape index (κ3) is 6.97. The van der Waals surface area contributed by atoms with Crippen molar-refractivity contribution in [2.45, 2.75) is 35.1 Å². The number of pyridine rings is 2. The lowest BCUT2D eigenvalue weighted by Gasteiger charge is -2.34. The molecule has 0 aliphatic carbocycles. The fraction of sp³-hybridized carbons (Fsp3) is 0.250. The van der Waals surface area contributed by atoms with Crippen LogP contribution < -0.4 is 16.0 Å². The van der Waals surface area contributed by atoms with Gasteiger partial charge < -0.3 is 28.6 Å². The van der Waals surface area contributed by atoms with Gasteiger partial charge in [0.25, 0.3) is 11.1 Å². The Labute approximate surface area is 313 Å². The first kappa shape index (κ1) is 35.7. The third-order valence-corrected chi connectivity index (χ3v) is 9.85. The van der Waals surface area contributed by atoms with E-state index in [0.29, 0.717) is 45.0 Å². The van der Waals surface area contributed by atoms with Crippen LogP contribution in [0.1, 0.15) is 30.2 Å². The molecule has 2 N–H and O–H groups in total. The van der Waals surface area contributed by atoms with Gasteiger partial charge in [-0.05, 0) is 83.3 Å². The maximum Gasteiger partial charge on any atom is 0.259 e. The standard InChI is InChI=1S/C22H23N5O2.C17H12BrN3O2.CH4/c1-13-10-19-16(14(2)23-13)12-20(29-19)21-24-18-5-4-15(11-17(18)22(28)25-21)27-8-6-26(3)7-9-27;1-8-5-14-11(9(2)19-8)7-15(23-14)16-20-13-4-3-10(18)6-12(13)17(22)21-16;/h4-5,10-12H,6-9H2,1-3H3,(H,24,25,28);3-7H,1-2H3,(H,20,21,22);1H4. The molecule has 0 radical (unpaired) electrons. The zero-order valence-electron chi connectivity index (χ0n) is 29.3. The van der Waals surface area contributed by atoms with Crippen molar-refractivity contribution in [1.29, 1.82) is 0 Å². The Balaban J connectivity index is 0.000000165. The number of anilines is 1. The molecule has 1 saturated heterocycles. The Morgan fingerprint density at radius 3 is 1.64 bits per heavy atom. The van der Waals surface area contributed by atoms with Crippen molar-refractivity contribution in [1.82, 2.24) is 34.8 Å². The molecule has 0 atom stereocenters. The quantitative estimate of drug-likeness (QED) is 0.182. The van der Waals surface area contributed by atoms with Crippen LogP contribution in [0.4, 0.5) is 5.69 Å². The lowest BCUT2D eigenvalue weighted by Crippen LogP contribution is -2.44. The number of hydrogen-bond donors (Lipinski definition) is 2. The van der Waals surface area contributed by atoms with E-state index in [1.165, 1.54) is 0 Å². The van der Waals surface area contributed by atoms with Gasteiger partial charge in [0, 0.05) is 82.0 Å². The Morgan fingerprint density at radius 1 is 0.623 bits per heavy atom. The van der Waals surface area contributed by atoms with Gasteiger partial charge in [-0.3, -0.25) is 19.6 Å². The summed E-state index contributed by atoms with van der Waals surface area (Å²) in [7, 11) is 2.13. The summed E-state index contributed by atoms with van der Waals surface area (Å²) in [5.41, 5.74) is 7.05. The Bertz CT molecular complexity index is 2790. The summed E-state index contributed by atoms with van der Waals surface area (Å²) in [4.78, 5) is 53.5. The summed E-state index contributed by atoms with van der Waals surface area (Å²) in [5, 5.41) is 2.98. The fourth-order valence-electron chi connectivity index (χ4n) is 6.65. The largest absolute Gasteiger partial charge is 0.453 e. The van der Waals surface area contributed by atoms with E-state index in [-0.39, 0.29) is 18.5 Å². The molecule has 1 fully saturated rings. The first-order chi connectivity index (χ1) is 25.0. The number of likely N-dealkylation sites (N-methyl/N-ethyl adjacent to an activating group) is 1. The zero-order valence-corrected chi connectivity index (χ0v) is 30.9. The molecule has 0 spiro atoms. The van der Waals surface area contributed by atoms with Gasteiger partial charge in [0.05, 0.1) is 21.8 Å². The van der Waals surface area contributed by atoms with E-state index in [9.17, 15) is 9.59 Å². The van der Waals surface area contributed by atoms with E-state index in [4.69, 9.17) is 8.83 Å². The molecule has 0 unspecified atom stereocenters. The van der Waals surface area contributed by atoms with Gasteiger partial charge in [-0.1, -0.05) is 23.4 Å². The topological polar surface area (TPSA) is 150 Å². The van der Waals surface area contributed by atoms with E-state index < -0.39 is 0 Å². The predicted octanol–water partition coefficient (Wildman–Crippen LogP) is 7.85. The minimum atomic E-state index is -0.196. The van der Waals surface area contributed by atoms with Crippen LogP contribution in [0.3, 0.4) is 0 Å². The van der Waals surface area contributed by atoms with Crippen LogP contribution in [0, 0.1) is 27.7 Å². The number of piperazine rings is 1. The smallest absolute Gasteiger partial charge is 0.259 e. The second kappa shape index (κ2) is 14.1. The molecule has 8 aromatic rings. The van der Waals surface area contributed by atoms with E-state index in [2.05, 4.69) is 62.7 Å². The summed E-state index contributed by atoms with van der Waals surface area (Å²) in [5.74, 6) is 1.91. The third-order valence-electron chi connectivity index (χ3n) is 9.36. The molecule has 2 aromatic carbocycles. The molecule has 9 rings (SSSR count). The van der Waals surface area contributed by atoms with Crippen LogP contribution in [0.15, 0.2) is 83.6 Å². The molecular formula is C40H39BrN8O4. The molecule has 1 aliphatic rings. The molecule has 53 heavy (non-hydrogen) atoms. The first-order valence-corrected chi connectivity index (χ1v) is 17.7. The number of nitrogens with zero attached hydrogens (tertiary/aromatic N) is 6. The minimum absolute atomic E-state index is 0. The minimum Gasteiger partial charge on any atom is -0.453 e. The Morgan fingerprint density at radius 2 is 1.11 bits per heavy atom. The lowest BCUT2D eigenvalue weighted by atomic mass is 10.2. The van der Waals surface area contributed by atoms with Crippen molar-refractivity contribution in [2.75, 3.05) is 38.1 Å². The molecule has 12 nitrogen and oxygen atoms in total. The molecule has 1 aliphatic heterocycles. The first-order valence-electron chi connectivity index (χ1n) is 16.9. The maximum absolute atomic E-state index is 12.8. The zero-order chi connectivity index (χ0) is 36.3. The number of H-pyrrole nitrogens is 2. The summed E-state index contributed by atoms with van der Waals surface area (Å²) in [6.07, 6.45) is 0. The van der Waals surface area contributed by atoms with Gasteiger partial charge in [-0.2, -0.15) is 0 Å². The second-order valence-corrected chi connectivity index (χ2v) is 14.1. The van der Waals surface area contributed by atoms with Gasteiger partial charge in [0.15, 0.2) is 23.2 Å². The molecule has 270 valence electrons. The number of aryl methyl sites for hydroxylation is 4. The van der Waals surface area contributed by atoms with Crippen LogP contribution in [0.2, 0.25) is 0 Å². The van der Waals surface area contributed by atoms with Crippen LogP contribution in [-0.2, 0) is 0 Å². The molecule has 0 amide bonds. The number of halogens is 1. The molecule has 0 saturated carbocycles. The molecule has 6 aromatic heterocycles. The van der Waals surface area contributed by atoms with Crippen molar-refractivity contribution in [3.63, 3.8) is 0 Å². The SMILES string of the molecule is C.Cc1cc2oc(-c3nc4ccc(Br)cc4c(=O)[nH]3)cc2c(C)n1.Cc1cc2oc(-c3nc4ccc(N5CCN(C)CC5)cc4c(=O)[nH]3)cc2c(C)n1. The van der Waals surface area contributed by atoms with Gasteiger partial charge in [-0.15, -0.1) is 0 Å². The number of rotatable bonds is 3. The van der Waals surface area contributed by atoms with Crippen molar-refractivity contribution >= 4 is 65.4 Å². The summed E-state index contributed by atoms with van der Waals surface area (Å²) < 4.78 is 12.7. The highest BCUT2D eigenvalue weighted by Crippen LogP contribution is 2.30. The van der Waals surface area contributed by atoms with Gasteiger partial charge in [0.1, 0.15) is 11.2 Å². The second-order valence-electron chi connectivity index (χ2n) is 13.2. The summed E-state index contributed by atoms with van der Waals surface area (Å²) in [6.45, 7) is 11.7. The van der Waals surface area contributed by atoms with E-state index >= 15 is 0 Å². The molecular weight excluding hydrogens is 736 g/mol. The normalized spacial score (nSPS) is 13.4. The molecule has 0 bridgehead atoms. The summed E-state index contributed by atoms with van der Waals surface area (Å²) in [6, 6.07) is 18.8. The fourth-order valence-corrected chi connectivity index (χ4v) is 7.01. The van der Waals surface area contributed by atoms with Crippen LogP contribution in [0.5, 0.6) is 0 Å². The van der Waals surface area contributed by atoms with Gasteiger partial charge >= 0.3 is 0 Å². The van der Waals surface area contributed by atoms with Crippen molar-refractivity contribution in [3.05, 3.63) is 109 Å². The number of aromatic nitrogens is 6. The average molecular weight is 776 g/mol. The van der Waals surface area contributed by atoms with Gasteiger partial charge in [0.2, 0.25) is 0 Å². The maximum atomic E-state index is 12.8. The van der Waals surface area contributed by atoms with Crippen LogP contribution >= 0.6 is 15.9 Å². The summed E-state index contributed by atoms with van der Waals surface area (Å²) >= 11 is 3.36. The number of furan rings is 2. The highest BCUT2D eigenvalue weighted by molar-refractivity contribution is 9.10. The monoisotopic (exact) mass is 774 g/mol. The van der Waals surface area contributed by atoms with Crippen molar-refractivity contribution in [2.24, 2.45) is 0 Å². The van der Waals surface area contributed by atoms with E-state index in [0.717, 1.165) is 81.1 Å². The van der Waals surface area contributed by atoms with E-state index in [1.54, 1.807) is 12.1 Å². The average Bonchev–Trinajstić information content (AvgIpc) is 3.75.